The van der Waals surface area contributed by atoms with Crippen molar-refractivity contribution >= 4 is 38.2 Å². The fourth-order valence-electron chi connectivity index (χ4n) is 4.09. The monoisotopic (exact) mass is 494 g/mol. The molecule has 1 aromatic carbocycles. The van der Waals surface area contributed by atoms with E-state index in [9.17, 15) is 18.0 Å². The molecule has 1 aromatic heterocycles. The Kier molecular flexibility index (Phi) is 7.81. The first-order chi connectivity index (χ1) is 15.6. The SMILES string of the molecule is CCOC(=O)c1sc(NC(=O)c2ccc(OC)c(S(=O)(=O)N3CC(C)CC(C)C3)c2)cc1C. The molecule has 0 radical (unpaired) electrons. The molecular weight excluding hydrogens is 464 g/mol. The Bertz CT molecular complexity index is 1130. The maximum atomic E-state index is 13.4. The van der Waals surface area contributed by atoms with Crippen LogP contribution in [0.15, 0.2) is 29.2 Å². The molecule has 0 aliphatic carbocycles. The largest absolute Gasteiger partial charge is 0.495 e. The molecule has 1 N–H and O–H groups in total. The molecule has 180 valence electrons. The molecule has 0 bridgehead atoms. The molecule has 1 aliphatic rings. The van der Waals surface area contributed by atoms with Gasteiger partial charge in [0.15, 0.2) is 0 Å². The zero-order valence-corrected chi connectivity index (χ0v) is 21.1. The summed E-state index contributed by atoms with van der Waals surface area (Å²) in [5, 5.41) is 3.22. The molecule has 0 saturated carbocycles. The Morgan fingerprint density at radius 1 is 1.18 bits per heavy atom. The number of rotatable bonds is 7. The van der Waals surface area contributed by atoms with Crippen LogP contribution < -0.4 is 10.1 Å². The summed E-state index contributed by atoms with van der Waals surface area (Å²) in [5.41, 5.74) is 0.872. The van der Waals surface area contributed by atoms with Crippen LogP contribution in [-0.2, 0) is 14.8 Å². The number of ether oxygens (including phenoxy) is 2. The van der Waals surface area contributed by atoms with Crippen molar-refractivity contribution in [3.8, 4) is 5.75 Å². The lowest BCUT2D eigenvalue weighted by molar-refractivity contribution is 0.0531. The fourth-order valence-corrected chi connectivity index (χ4v) is 6.91. The van der Waals surface area contributed by atoms with Gasteiger partial charge in [-0.15, -0.1) is 11.3 Å². The minimum atomic E-state index is -3.85. The Hall–Kier alpha value is -2.43. The van der Waals surface area contributed by atoms with Gasteiger partial charge in [-0.1, -0.05) is 13.8 Å². The number of methoxy groups -OCH3 is 1. The van der Waals surface area contributed by atoms with Crippen molar-refractivity contribution in [2.24, 2.45) is 11.8 Å². The minimum Gasteiger partial charge on any atom is -0.495 e. The van der Waals surface area contributed by atoms with Gasteiger partial charge < -0.3 is 14.8 Å². The van der Waals surface area contributed by atoms with Gasteiger partial charge in [-0.05, 0) is 61.9 Å². The van der Waals surface area contributed by atoms with E-state index in [0.29, 0.717) is 28.5 Å². The molecule has 1 aliphatic heterocycles. The molecule has 1 saturated heterocycles. The molecule has 2 aromatic rings. The fraction of sp³-hybridized carbons (Fsp3) is 0.478. The summed E-state index contributed by atoms with van der Waals surface area (Å²) in [6.45, 7) is 8.67. The van der Waals surface area contributed by atoms with E-state index in [1.807, 2.05) is 13.8 Å². The molecule has 2 unspecified atom stereocenters. The normalized spacial score (nSPS) is 19.2. The summed E-state index contributed by atoms with van der Waals surface area (Å²) in [7, 11) is -2.45. The molecule has 2 atom stereocenters. The molecule has 8 nitrogen and oxygen atoms in total. The predicted molar refractivity (Wildman–Crippen MR) is 128 cm³/mol. The molecule has 3 rings (SSSR count). The first-order valence-corrected chi connectivity index (χ1v) is 13.1. The van der Waals surface area contributed by atoms with Crippen LogP contribution in [0.5, 0.6) is 5.75 Å². The topological polar surface area (TPSA) is 102 Å². The lowest BCUT2D eigenvalue weighted by Crippen LogP contribution is -2.42. The van der Waals surface area contributed by atoms with Crippen LogP contribution in [0.4, 0.5) is 5.00 Å². The predicted octanol–water partition coefficient (Wildman–Crippen LogP) is 4.16. The number of amides is 1. The van der Waals surface area contributed by atoms with Crippen molar-refractivity contribution in [1.29, 1.82) is 0 Å². The molecule has 33 heavy (non-hydrogen) atoms. The summed E-state index contributed by atoms with van der Waals surface area (Å²) in [6, 6.07) is 6.04. The summed E-state index contributed by atoms with van der Waals surface area (Å²) < 4.78 is 38.7. The Morgan fingerprint density at radius 3 is 2.45 bits per heavy atom. The third-order valence-corrected chi connectivity index (χ3v) is 8.48. The summed E-state index contributed by atoms with van der Waals surface area (Å²) in [6.07, 6.45) is 0.972. The van der Waals surface area contributed by atoms with E-state index in [4.69, 9.17) is 9.47 Å². The summed E-state index contributed by atoms with van der Waals surface area (Å²) in [5.74, 6) is -0.239. The van der Waals surface area contributed by atoms with Crippen molar-refractivity contribution in [3.05, 3.63) is 40.3 Å². The van der Waals surface area contributed by atoms with Crippen molar-refractivity contribution in [1.82, 2.24) is 4.31 Å². The molecule has 10 heteroatoms. The van der Waals surface area contributed by atoms with E-state index in [-0.39, 0.29) is 34.7 Å². The van der Waals surface area contributed by atoms with Gasteiger partial charge in [-0.2, -0.15) is 4.31 Å². The van der Waals surface area contributed by atoms with Gasteiger partial charge in [0.1, 0.15) is 15.5 Å². The molecule has 1 amide bonds. The molecule has 1 fully saturated rings. The van der Waals surface area contributed by atoms with Crippen LogP contribution in [0.1, 0.15) is 52.8 Å². The number of nitrogens with one attached hydrogen (secondary N) is 1. The number of anilines is 1. The second kappa shape index (κ2) is 10.2. The maximum Gasteiger partial charge on any atom is 0.348 e. The van der Waals surface area contributed by atoms with Crippen molar-refractivity contribution in [3.63, 3.8) is 0 Å². The van der Waals surface area contributed by atoms with E-state index >= 15 is 0 Å². The number of carbonyl (C=O) groups excluding carboxylic acids is 2. The third-order valence-electron chi connectivity index (χ3n) is 5.49. The van der Waals surface area contributed by atoms with E-state index < -0.39 is 21.9 Å². The second-order valence-corrected chi connectivity index (χ2v) is 11.4. The van der Waals surface area contributed by atoms with Crippen LogP contribution >= 0.6 is 11.3 Å². The summed E-state index contributed by atoms with van der Waals surface area (Å²) in [4.78, 5) is 25.3. The van der Waals surface area contributed by atoms with Crippen LogP contribution in [0.25, 0.3) is 0 Å². The highest BCUT2D eigenvalue weighted by Gasteiger charge is 2.34. The van der Waals surface area contributed by atoms with Gasteiger partial charge >= 0.3 is 5.97 Å². The van der Waals surface area contributed by atoms with Gasteiger partial charge in [0.25, 0.3) is 5.91 Å². The van der Waals surface area contributed by atoms with Gasteiger partial charge in [0.2, 0.25) is 10.0 Å². The average molecular weight is 495 g/mol. The minimum absolute atomic E-state index is 0.0338. The lowest BCUT2D eigenvalue weighted by atomic mass is 9.94. The highest BCUT2D eigenvalue weighted by Crippen LogP contribution is 2.33. The molecule has 0 spiro atoms. The van der Waals surface area contributed by atoms with Gasteiger partial charge in [-0.25, -0.2) is 13.2 Å². The standard InChI is InChI=1S/C23H30N2O6S2/c1-6-31-23(27)21-16(4)10-20(32-21)24-22(26)17-7-8-18(30-5)19(11-17)33(28,29)25-12-14(2)9-15(3)13-25/h7-8,10-11,14-15H,6,9,12-13H2,1-5H3,(H,24,26). The quantitative estimate of drug-likeness (QED) is 0.580. The smallest absolute Gasteiger partial charge is 0.348 e. The van der Waals surface area contributed by atoms with Gasteiger partial charge in [0, 0.05) is 18.7 Å². The Labute approximate surface area is 198 Å². The van der Waals surface area contributed by atoms with Crippen LogP contribution in [0.3, 0.4) is 0 Å². The molecule has 2 heterocycles. The maximum absolute atomic E-state index is 13.4. The lowest BCUT2D eigenvalue weighted by Gasteiger charge is -2.34. The third kappa shape index (κ3) is 5.56. The van der Waals surface area contributed by atoms with E-state index in [2.05, 4.69) is 5.32 Å². The first kappa shape index (κ1) is 25.2. The highest BCUT2D eigenvalue weighted by atomic mass is 32.2. The van der Waals surface area contributed by atoms with E-state index in [0.717, 1.165) is 17.8 Å². The van der Waals surface area contributed by atoms with E-state index in [1.54, 1.807) is 19.9 Å². The van der Waals surface area contributed by atoms with Gasteiger partial charge in [0.05, 0.1) is 18.7 Å². The zero-order chi connectivity index (χ0) is 24.3. The van der Waals surface area contributed by atoms with Crippen LogP contribution in [-0.4, -0.2) is 51.4 Å². The number of sulfonamides is 1. The molecular formula is C23H30N2O6S2. The van der Waals surface area contributed by atoms with Gasteiger partial charge in [-0.3, -0.25) is 4.79 Å². The number of nitrogens with zero attached hydrogens (tertiary/aromatic N) is 1. The highest BCUT2D eigenvalue weighted by molar-refractivity contribution is 7.89. The van der Waals surface area contributed by atoms with E-state index in [1.165, 1.54) is 29.6 Å². The van der Waals surface area contributed by atoms with Crippen molar-refractivity contribution in [2.45, 2.75) is 39.0 Å². The summed E-state index contributed by atoms with van der Waals surface area (Å²) >= 11 is 1.11. The number of piperidine rings is 1. The number of benzene rings is 1. The van der Waals surface area contributed by atoms with Crippen molar-refractivity contribution < 1.29 is 27.5 Å². The van der Waals surface area contributed by atoms with Crippen LogP contribution in [0.2, 0.25) is 0 Å². The number of hydrogen-bond acceptors (Lipinski definition) is 7. The Morgan fingerprint density at radius 2 is 1.85 bits per heavy atom. The number of carbonyl (C=O) groups is 2. The number of hydrogen-bond donors (Lipinski definition) is 1. The number of thiophene rings is 1. The number of esters is 1. The number of aryl methyl sites for hydroxylation is 1. The zero-order valence-electron chi connectivity index (χ0n) is 19.5. The second-order valence-electron chi connectivity index (χ2n) is 8.43. The van der Waals surface area contributed by atoms with Crippen molar-refractivity contribution in [2.75, 3.05) is 32.1 Å². The first-order valence-electron chi connectivity index (χ1n) is 10.8. The van der Waals surface area contributed by atoms with Crippen LogP contribution in [0, 0.1) is 18.8 Å². The average Bonchev–Trinajstić information content (AvgIpc) is 3.12. The Balaban J connectivity index is 1.88.